The summed E-state index contributed by atoms with van der Waals surface area (Å²) in [6.45, 7) is 4.28. The molecule has 0 saturated carbocycles. The number of nitrogens with zero attached hydrogens (tertiary/aromatic N) is 2. The molecule has 0 aromatic heterocycles. The van der Waals surface area contributed by atoms with E-state index in [1.807, 2.05) is 73.7 Å². The van der Waals surface area contributed by atoms with Crippen LogP contribution in [0.1, 0.15) is 29.2 Å². The molecule has 0 radical (unpaired) electrons. The second kappa shape index (κ2) is 11.7. The summed E-state index contributed by atoms with van der Waals surface area (Å²) in [6, 6.07) is 21.3. The number of amides is 1. The maximum atomic E-state index is 13.7. The second-order valence-corrected chi connectivity index (χ2v) is 9.87. The van der Waals surface area contributed by atoms with Crippen LogP contribution in [0.3, 0.4) is 0 Å². The molecule has 0 spiro atoms. The Balaban J connectivity index is 1.71. The van der Waals surface area contributed by atoms with Crippen molar-refractivity contribution < 1.29 is 19.1 Å². The van der Waals surface area contributed by atoms with Gasteiger partial charge in [0, 0.05) is 10.0 Å². The number of methoxy groups -OCH3 is 1. The average Bonchev–Trinajstić information content (AvgIpc) is 3.13. The van der Waals surface area contributed by atoms with Gasteiger partial charge in [-0.25, -0.2) is 0 Å². The van der Waals surface area contributed by atoms with E-state index in [4.69, 9.17) is 21.7 Å². The predicted octanol–water partition coefficient (Wildman–Crippen LogP) is 6.05. The SMILES string of the molecule is CCc1ccc(N2C(=O)/C(=C/c3cc(Br)ccc3OCc3ccc(C)cc3)N(CC(=O)OC)C2=S)cc1. The third-order valence-electron chi connectivity index (χ3n) is 6.03. The number of aryl methyl sites for hydroxylation is 2. The molecule has 1 amide bonds. The Morgan fingerprint density at radius 1 is 1.03 bits per heavy atom. The highest BCUT2D eigenvalue weighted by Gasteiger charge is 2.40. The largest absolute Gasteiger partial charge is 0.488 e. The van der Waals surface area contributed by atoms with Crippen molar-refractivity contribution in [2.24, 2.45) is 0 Å². The zero-order chi connectivity index (χ0) is 26.5. The van der Waals surface area contributed by atoms with Crippen molar-refractivity contribution >= 4 is 56.9 Å². The zero-order valence-corrected chi connectivity index (χ0v) is 23.3. The van der Waals surface area contributed by atoms with Crippen molar-refractivity contribution in [3.63, 3.8) is 0 Å². The number of halogens is 1. The number of hydrogen-bond acceptors (Lipinski definition) is 5. The van der Waals surface area contributed by atoms with Crippen LogP contribution in [0, 0.1) is 6.92 Å². The summed E-state index contributed by atoms with van der Waals surface area (Å²) in [6.07, 6.45) is 2.58. The Bertz CT molecular complexity index is 1350. The molecule has 0 atom stereocenters. The molecular weight excluding hydrogens is 552 g/mol. The fourth-order valence-electron chi connectivity index (χ4n) is 3.89. The number of ether oxygens (including phenoxy) is 2. The first-order valence-corrected chi connectivity index (χ1v) is 13.0. The molecule has 1 saturated heterocycles. The van der Waals surface area contributed by atoms with Crippen LogP contribution in [0.5, 0.6) is 5.75 Å². The minimum absolute atomic E-state index is 0.190. The summed E-state index contributed by atoms with van der Waals surface area (Å²) in [4.78, 5) is 28.9. The first-order valence-electron chi connectivity index (χ1n) is 11.8. The van der Waals surface area contributed by atoms with E-state index in [0.717, 1.165) is 22.0 Å². The highest BCUT2D eigenvalue weighted by molar-refractivity contribution is 9.10. The number of esters is 1. The minimum atomic E-state index is -0.505. The Kier molecular flexibility index (Phi) is 8.41. The smallest absolute Gasteiger partial charge is 0.325 e. The number of benzene rings is 3. The van der Waals surface area contributed by atoms with Crippen LogP contribution in [-0.2, 0) is 27.4 Å². The molecule has 0 aliphatic carbocycles. The van der Waals surface area contributed by atoms with Gasteiger partial charge in [-0.2, -0.15) is 0 Å². The van der Waals surface area contributed by atoms with Crippen LogP contribution in [-0.4, -0.2) is 35.5 Å². The van der Waals surface area contributed by atoms with Gasteiger partial charge >= 0.3 is 5.97 Å². The van der Waals surface area contributed by atoms with Crippen molar-refractivity contribution in [1.29, 1.82) is 0 Å². The molecule has 1 aliphatic rings. The zero-order valence-electron chi connectivity index (χ0n) is 20.9. The topological polar surface area (TPSA) is 59.1 Å². The predicted molar refractivity (Wildman–Crippen MR) is 152 cm³/mol. The van der Waals surface area contributed by atoms with Gasteiger partial charge in [-0.1, -0.05) is 64.8 Å². The van der Waals surface area contributed by atoms with Gasteiger partial charge in [0.2, 0.25) is 0 Å². The molecular formula is C29H27BrN2O4S. The van der Waals surface area contributed by atoms with E-state index in [2.05, 4.69) is 22.9 Å². The van der Waals surface area contributed by atoms with Crippen LogP contribution >= 0.6 is 28.1 Å². The Morgan fingerprint density at radius 3 is 2.35 bits per heavy atom. The highest BCUT2D eigenvalue weighted by atomic mass is 79.9. The van der Waals surface area contributed by atoms with Crippen LogP contribution in [0.15, 0.2) is 76.9 Å². The number of carbonyl (C=O) groups excluding carboxylic acids is 2. The van der Waals surface area contributed by atoms with Gasteiger partial charge in [0.15, 0.2) is 5.11 Å². The molecule has 190 valence electrons. The van der Waals surface area contributed by atoms with Gasteiger partial charge in [0.05, 0.1) is 12.8 Å². The van der Waals surface area contributed by atoms with E-state index in [0.29, 0.717) is 23.6 Å². The van der Waals surface area contributed by atoms with Crippen molar-refractivity contribution in [1.82, 2.24) is 4.90 Å². The van der Waals surface area contributed by atoms with Gasteiger partial charge < -0.3 is 14.4 Å². The van der Waals surface area contributed by atoms with Crippen LogP contribution in [0.25, 0.3) is 6.08 Å². The lowest BCUT2D eigenvalue weighted by Crippen LogP contribution is -2.35. The molecule has 0 N–H and O–H groups in total. The minimum Gasteiger partial charge on any atom is -0.488 e. The van der Waals surface area contributed by atoms with E-state index < -0.39 is 5.97 Å². The van der Waals surface area contributed by atoms with Crippen molar-refractivity contribution in [2.45, 2.75) is 26.9 Å². The normalized spacial score (nSPS) is 14.4. The van der Waals surface area contributed by atoms with E-state index in [1.54, 1.807) is 6.08 Å². The van der Waals surface area contributed by atoms with E-state index >= 15 is 0 Å². The Hall–Kier alpha value is -3.49. The third kappa shape index (κ3) is 6.09. The molecule has 6 nitrogen and oxygen atoms in total. The quantitative estimate of drug-likeness (QED) is 0.184. The summed E-state index contributed by atoms with van der Waals surface area (Å²) in [5.74, 6) is -0.240. The lowest BCUT2D eigenvalue weighted by atomic mass is 10.1. The van der Waals surface area contributed by atoms with E-state index in [-0.39, 0.29) is 23.3 Å². The Morgan fingerprint density at radius 2 is 1.70 bits per heavy atom. The van der Waals surface area contributed by atoms with Gasteiger partial charge in [-0.05, 0) is 73.1 Å². The van der Waals surface area contributed by atoms with Crippen LogP contribution in [0.2, 0.25) is 0 Å². The van der Waals surface area contributed by atoms with E-state index in [1.165, 1.54) is 22.5 Å². The maximum Gasteiger partial charge on any atom is 0.325 e. The summed E-state index contributed by atoms with van der Waals surface area (Å²) in [7, 11) is 1.30. The van der Waals surface area contributed by atoms with Gasteiger partial charge in [-0.15, -0.1) is 0 Å². The standard InChI is InChI=1S/C29H27BrN2O4S/c1-4-20-9-12-24(13-10-20)32-28(34)25(31(29(32)37)17-27(33)35-3)16-22-15-23(30)11-14-26(22)36-18-21-7-5-19(2)6-8-21/h5-16H,4,17-18H2,1-3H3/b25-16-. The van der Waals surface area contributed by atoms with Gasteiger partial charge in [-0.3, -0.25) is 14.5 Å². The van der Waals surface area contributed by atoms with Gasteiger partial charge in [0.1, 0.15) is 24.6 Å². The van der Waals surface area contributed by atoms with E-state index in [9.17, 15) is 9.59 Å². The molecule has 0 bridgehead atoms. The molecule has 1 fully saturated rings. The van der Waals surface area contributed by atoms with Crippen LogP contribution in [0.4, 0.5) is 5.69 Å². The molecule has 1 heterocycles. The highest BCUT2D eigenvalue weighted by Crippen LogP contribution is 2.32. The fraction of sp³-hybridized carbons (Fsp3) is 0.207. The first-order chi connectivity index (χ1) is 17.8. The molecule has 8 heteroatoms. The van der Waals surface area contributed by atoms with Crippen molar-refractivity contribution in [3.05, 3.63) is 99.2 Å². The van der Waals surface area contributed by atoms with Crippen LogP contribution < -0.4 is 9.64 Å². The molecule has 4 rings (SSSR count). The summed E-state index contributed by atoms with van der Waals surface area (Å²) >= 11 is 9.18. The molecule has 3 aromatic carbocycles. The average molecular weight is 580 g/mol. The molecule has 0 unspecified atom stereocenters. The number of carbonyl (C=O) groups is 2. The Labute approximate surface area is 230 Å². The monoisotopic (exact) mass is 578 g/mol. The van der Waals surface area contributed by atoms with Gasteiger partial charge in [0.25, 0.3) is 5.91 Å². The van der Waals surface area contributed by atoms with Crippen molar-refractivity contribution in [2.75, 3.05) is 18.6 Å². The fourth-order valence-corrected chi connectivity index (χ4v) is 4.62. The first kappa shape index (κ1) is 26.6. The molecule has 37 heavy (non-hydrogen) atoms. The lowest BCUT2D eigenvalue weighted by molar-refractivity contribution is -0.140. The van der Waals surface area contributed by atoms with Crippen molar-refractivity contribution in [3.8, 4) is 5.75 Å². The summed E-state index contributed by atoms with van der Waals surface area (Å²) < 4.78 is 11.8. The number of anilines is 1. The summed E-state index contributed by atoms with van der Waals surface area (Å²) in [5.41, 5.74) is 4.91. The second-order valence-electron chi connectivity index (χ2n) is 8.59. The molecule has 3 aromatic rings. The lowest BCUT2D eigenvalue weighted by Gasteiger charge is -2.19. The summed E-state index contributed by atoms with van der Waals surface area (Å²) in [5, 5.41) is 0.211. The number of thiocarbonyl (C=S) groups is 1. The third-order valence-corrected chi connectivity index (χ3v) is 6.93. The number of hydrogen-bond donors (Lipinski definition) is 0. The molecule has 1 aliphatic heterocycles. The maximum absolute atomic E-state index is 13.7. The number of rotatable bonds is 8.